The van der Waals surface area contributed by atoms with Crippen LogP contribution in [0.25, 0.3) is 0 Å². The lowest BCUT2D eigenvalue weighted by atomic mass is 9.48. The molecule has 1 aromatic rings. The van der Waals surface area contributed by atoms with E-state index in [9.17, 15) is 18.0 Å². The monoisotopic (exact) mass is 355 g/mol. The van der Waals surface area contributed by atoms with Crippen molar-refractivity contribution < 1.29 is 18.0 Å². The second-order valence-electron chi connectivity index (χ2n) is 8.43. The molecule has 2 heterocycles. The molecule has 0 unspecified atom stereocenters. The van der Waals surface area contributed by atoms with E-state index in [4.69, 9.17) is 0 Å². The summed E-state index contributed by atoms with van der Waals surface area (Å²) in [4.78, 5) is 20.0. The van der Waals surface area contributed by atoms with E-state index >= 15 is 0 Å². The summed E-state index contributed by atoms with van der Waals surface area (Å²) < 4.78 is 38.6. The van der Waals surface area contributed by atoms with E-state index in [0.29, 0.717) is 19.0 Å². The van der Waals surface area contributed by atoms with Gasteiger partial charge in [-0.05, 0) is 44.0 Å². The molecular formula is C18H24F3N3O. The first kappa shape index (κ1) is 18.2. The number of nitrogens with zero attached hydrogens (tertiary/aromatic N) is 3. The molecule has 0 spiro atoms. The number of carbonyl (C=O) groups is 1. The van der Waals surface area contributed by atoms with Crippen molar-refractivity contribution in [1.29, 1.82) is 0 Å². The summed E-state index contributed by atoms with van der Waals surface area (Å²) in [6, 6.07) is 2.22. The fourth-order valence-electron chi connectivity index (χ4n) is 5.03. The molecule has 1 amide bonds. The largest absolute Gasteiger partial charge is 0.433 e. The Hall–Kier alpha value is -1.63. The van der Waals surface area contributed by atoms with Gasteiger partial charge in [-0.15, -0.1) is 0 Å². The highest BCUT2D eigenvalue weighted by atomic mass is 19.4. The zero-order chi connectivity index (χ0) is 18.6. The Morgan fingerprint density at radius 2 is 2.08 bits per heavy atom. The Kier molecular flexibility index (Phi) is 4.14. The zero-order valence-corrected chi connectivity index (χ0v) is 15.0. The highest BCUT2D eigenvalue weighted by Crippen LogP contribution is 2.62. The summed E-state index contributed by atoms with van der Waals surface area (Å²) in [7, 11) is 4.03. The highest BCUT2D eigenvalue weighted by molar-refractivity contribution is 5.94. The number of rotatable bonds is 3. The van der Waals surface area contributed by atoms with Crippen LogP contribution in [0.5, 0.6) is 0 Å². The Morgan fingerprint density at radius 3 is 2.64 bits per heavy atom. The van der Waals surface area contributed by atoms with Crippen molar-refractivity contribution in [1.82, 2.24) is 14.8 Å². The topological polar surface area (TPSA) is 36.4 Å². The summed E-state index contributed by atoms with van der Waals surface area (Å²) >= 11 is 0. The lowest BCUT2D eigenvalue weighted by molar-refractivity contribution is -0.141. The Labute approximate surface area is 146 Å². The maximum absolute atomic E-state index is 12.9. The van der Waals surface area contributed by atoms with Crippen LogP contribution in [-0.4, -0.2) is 54.4 Å². The molecule has 0 radical (unpaired) electrons. The zero-order valence-electron chi connectivity index (χ0n) is 15.0. The quantitative estimate of drug-likeness (QED) is 0.836. The number of amides is 1. The standard InChI is InChI=1S/C18H24F3N3O/c1-16(2)9-17(10-23(3)4)11-24(8-13(16)17)15(25)12-5-6-22-14(7-12)18(19,20)21/h5-7,13H,8-11H2,1-4H3/t13-,17+/m1/s1. The van der Waals surface area contributed by atoms with Crippen molar-refractivity contribution in [3.63, 3.8) is 0 Å². The molecule has 7 heteroatoms. The number of pyridine rings is 1. The van der Waals surface area contributed by atoms with Crippen LogP contribution >= 0.6 is 0 Å². The fourth-order valence-corrected chi connectivity index (χ4v) is 5.03. The number of alkyl halides is 3. The fraction of sp³-hybridized carbons (Fsp3) is 0.667. The Morgan fingerprint density at radius 1 is 1.40 bits per heavy atom. The molecule has 3 rings (SSSR count). The molecule has 2 fully saturated rings. The van der Waals surface area contributed by atoms with Crippen LogP contribution < -0.4 is 0 Å². The summed E-state index contributed by atoms with van der Waals surface area (Å²) in [6.07, 6.45) is -2.47. The summed E-state index contributed by atoms with van der Waals surface area (Å²) in [5.74, 6) is 0.0338. The van der Waals surface area contributed by atoms with E-state index in [0.717, 1.165) is 25.2 Å². The molecule has 1 aliphatic carbocycles. The third kappa shape index (κ3) is 3.14. The molecule has 4 nitrogen and oxygen atoms in total. The Bertz CT molecular complexity index is 682. The normalized spacial score (nSPS) is 28.0. The van der Waals surface area contributed by atoms with E-state index in [2.05, 4.69) is 23.7 Å². The van der Waals surface area contributed by atoms with Crippen molar-refractivity contribution in [2.75, 3.05) is 33.7 Å². The van der Waals surface area contributed by atoms with Crippen LogP contribution in [-0.2, 0) is 6.18 Å². The predicted octanol–water partition coefficient (Wildman–Crippen LogP) is 3.15. The van der Waals surface area contributed by atoms with E-state index < -0.39 is 11.9 Å². The van der Waals surface area contributed by atoms with Gasteiger partial charge < -0.3 is 9.80 Å². The van der Waals surface area contributed by atoms with Crippen molar-refractivity contribution in [2.45, 2.75) is 26.4 Å². The van der Waals surface area contributed by atoms with E-state index in [1.807, 2.05) is 14.1 Å². The molecule has 1 saturated carbocycles. The van der Waals surface area contributed by atoms with Gasteiger partial charge >= 0.3 is 6.18 Å². The minimum Gasteiger partial charge on any atom is -0.338 e. The molecule has 2 aliphatic rings. The first-order valence-corrected chi connectivity index (χ1v) is 8.42. The van der Waals surface area contributed by atoms with Gasteiger partial charge in [0.2, 0.25) is 0 Å². The van der Waals surface area contributed by atoms with Crippen LogP contribution in [0.1, 0.15) is 36.3 Å². The third-order valence-electron chi connectivity index (χ3n) is 5.61. The van der Waals surface area contributed by atoms with Gasteiger partial charge in [0.15, 0.2) is 0 Å². The van der Waals surface area contributed by atoms with Crippen molar-refractivity contribution in [3.8, 4) is 0 Å². The maximum atomic E-state index is 12.9. The van der Waals surface area contributed by atoms with Crippen LogP contribution in [0.15, 0.2) is 18.3 Å². The number of hydrogen-bond acceptors (Lipinski definition) is 3. The molecule has 0 bridgehead atoms. The highest BCUT2D eigenvalue weighted by Gasteiger charge is 2.63. The number of hydrogen-bond donors (Lipinski definition) is 0. The Balaban J connectivity index is 1.83. The number of carbonyl (C=O) groups excluding carboxylic acids is 1. The molecule has 0 aromatic carbocycles. The van der Waals surface area contributed by atoms with Crippen molar-refractivity contribution in [3.05, 3.63) is 29.6 Å². The molecule has 2 atom stereocenters. The van der Waals surface area contributed by atoms with Gasteiger partial charge in [-0.25, -0.2) is 0 Å². The first-order valence-electron chi connectivity index (χ1n) is 8.42. The number of aromatic nitrogens is 1. The van der Waals surface area contributed by atoms with Gasteiger partial charge in [0.25, 0.3) is 5.91 Å². The van der Waals surface area contributed by atoms with Gasteiger partial charge in [-0.3, -0.25) is 9.78 Å². The second kappa shape index (κ2) is 5.69. The lowest BCUT2D eigenvalue weighted by Crippen LogP contribution is -2.57. The molecule has 138 valence electrons. The molecule has 25 heavy (non-hydrogen) atoms. The molecule has 1 aromatic heterocycles. The smallest absolute Gasteiger partial charge is 0.338 e. The minimum absolute atomic E-state index is 0.0442. The average Bonchev–Trinajstić information content (AvgIpc) is 2.79. The van der Waals surface area contributed by atoms with Gasteiger partial charge in [0.1, 0.15) is 5.69 Å². The van der Waals surface area contributed by atoms with E-state index in [-0.39, 0.29) is 22.3 Å². The van der Waals surface area contributed by atoms with Gasteiger partial charge in [0.05, 0.1) is 0 Å². The first-order chi connectivity index (χ1) is 11.4. The SMILES string of the molecule is CN(C)C[C@@]12CN(C(=O)c3ccnc(C(F)(F)F)c3)C[C@@H]1C(C)(C)C2. The van der Waals surface area contributed by atoms with Crippen LogP contribution in [0.4, 0.5) is 13.2 Å². The average molecular weight is 355 g/mol. The third-order valence-corrected chi connectivity index (χ3v) is 5.61. The van der Waals surface area contributed by atoms with Gasteiger partial charge in [-0.2, -0.15) is 13.2 Å². The van der Waals surface area contributed by atoms with E-state index in [1.165, 1.54) is 6.07 Å². The molecule has 1 aliphatic heterocycles. The summed E-state index contributed by atoms with van der Waals surface area (Å²) in [5, 5.41) is 0. The number of halogens is 3. The lowest BCUT2D eigenvalue weighted by Gasteiger charge is -2.57. The number of likely N-dealkylation sites (tertiary alicyclic amines) is 1. The molecule has 0 N–H and O–H groups in total. The number of fused-ring (bicyclic) bond motifs is 1. The van der Waals surface area contributed by atoms with Crippen molar-refractivity contribution >= 4 is 5.91 Å². The maximum Gasteiger partial charge on any atom is 0.433 e. The second-order valence-corrected chi connectivity index (χ2v) is 8.43. The minimum atomic E-state index is -4.55. The van der Waals surface area contributed by atoms with Crippen LogP contribution in [0.3, 0.4) is 0 Å². The summed E-state index contributed by atoms with van der Waals surface area (Å²) in [6.45, 7) is 6.49. The van der Waals surface area contributed by atoms with E-state index in [1.54, 1.807) is 4.90 Å². The van der Waals surface area contributed by atoms with Gasteiger partial charge in [-0.1, -0.05) is 13.8 Å². The molecule has 1 saturated heterocycles. The predicted molar refractivity (Wildman–Crippen MR) is 88.0 cm³/mol. The summed E-state index contributed by atoms with van der Waals surface area (Å²) in [5.41, 5.74) is -0.770. The van der Waals surface area contributed by atoms with Gasteiger partial charge in [0, 0.05) is 36.8 Å². The molecular weight excluding hydrogens is 331 g/mol. The van der Waals surface area contributed by atoms with Crippen LogP contribution in [0.2, 0.25) is 0 Å². The van der Waals surface area contributed by atoms with Crippen LogP contribution in [0, 0.1) is 16.7 Å². The van der Waals surface area contributed by atoms with Crippen molar-refractivity contribution in [2.24, 2.45) is 16.7 Å².